The van der Waals surface area contributed by atoms with Crippen molar-refractivity contribution in [3.8, 4) is 0 Å². The highest BCUT2D eigenvalue weighted by Gasteiger charge is 2.30. The molecule has 8 heteroatoms. The third-order valence-corrected chi connectivity index (χ3v) is 7.04. The van der Waals surface area contributed by atoms with Gasteiger partial charge in [0.1, 0.15) is 5.76 Å². The number of rotatable bonds is 7. The van der Waals surface area contributed by atoms with Gasteiger partial charge in [-0.25, -0.2) is 8.42 Å². The summed E-state index contributed by atoms with van der Waals surface area (Å²) < 4.78 is 29.8. The van der Waals surface area contributed by atoms with E-state index in [1.54, 1.807) is 42.9 Å². The predicted octanol–water partition coefficient (Wildman–Crippen LogP) is 3.39. The van der Waals surface area contributed by atoms with Crippen LogP contribution in [0, 0.1) is 0 Å². The number of pyridine rings is 1. The molecule has 0 saturated carbocycles. The Balaban J connectivity index is 1.46. The summed E-state index contributed by atoms with van der Waals surface area (Å²) in [5, 5.41) is 0. The van der Waals surface area contributed by atoms with E-state index >= 15 is 0 Å². The molecule has 3 heterocycles. The lowest BCUT2D eigenvalue weighted by atomic mass is 10.0. The fraction of sp³-hybridized carbons (Fsp3) is 0.333. The molecule has 168 valence electrons. The fourth-order valence-electron chi connectivity index (χ4n) is 4.22. The molecule has 0 spiro atoms. The number of likely N-dealkylation sites (tertiary alicyclic amines) is 1. The van der Waals surface area contributed by atoms with Crippen LogP contribution in [-0.2, 0) is 22.9 Å². The van der Waals surface area contributed by atoms with Gasteiger partial charge in [-0.05, 0) is 48.7 Å². The fourth-order valence-corrected chi connectivity index (χ4v) is 5.15. The van der Waals surface area contributed by atoms with Crippen LogP contribution in [0.15, 0.2) is 76.5 Å². The van der Waals surface area contributed by atoms with Crippen LogP contribution in [0.4, 0.5) is 0 Å². The van der Waals surface area contributed by atoms with E-state index in [1.807, 2.05) is 29.2 Å². The number of sulfone groups is 1. The van der Waals surface area contributed by atoms with Crippen LogP contribution >= 0.6 is 0 Å². The van der Waals surface area contributed by atoms with Crippen LogP contribution in [0.25, 0.3) is 0 Å². The molecule has 1 aliphatic heterocycles. The molecule has 7 nitrogen and oxygen atoms in total. The van der Waals surface area contributed by atoms with E-state index in [0.717, 1.165) is 37.3 Å². The Labute approximate surface area is 188 Å². The summed E-state index contributed by atoms with van der Waals surface area (Å²) in [4.78, 5) is 21.9. The highest BCUT2D eigenvalue weighted by molar-refractivity contribution is 7.90. The maximum absolute atomic E-state index is 13.3. The van der Waals surface area contributed by atoms with Gasteiger partial charge in [0, 0.05) is 44.3 Å². The highest BCUT2D eigenvalue weighted by atomic mass is 32.2. The Morgan fingerprint density at radius 1 is 1.12 bits per heavy atom. The van der Waals surface area contributed by atoms with Crippen molar-refractivity contribution in [2.24, 2.45) is 0 Å². The lowest BCUT2D eigenvalue weighted by molar-refractivity contribution is 0.0522. The molecule has 4 rings (SSSR count). The normalized spacial score (nSPS) is 15.5. The van der Waals surface area contributed by atoms with Gasteiger partial charge < -0.3 is 9.32 Å². The van der Waals surface area contributed by atoms with Gasteiger partial charge in [0.25, 0.3) is 5.91 Å². The minimum absolute atomic E-state index is 0.0598. The molecular formula is C24H27N3O4S. The van der Waals surface area contributed by atoms with Crippen molar-refractivity contribution in [2.45, 2.75) is 36.9 Å². The molecule has 0 aliphatic carbocycles. The van der Waals surface area contributed by atoms with Gasteiger partial charge in [-0.1, -0.05) is 18.2 Å². The molecule has 0 bridgehead atoms. The Morgan fingerprint density at radius 3 is 2.56 bits per heavy atom. The zero-order chi connectivity index (χ0) is 22.6. The van der Waals surface area contributed by atoms with E-state index < -0.39 is 9.84 Å². The number of hydrogen-bond acceptors (Lipinski definition) is 6. The van der Waals surface area contributed by atoms with Crippen LogP contribution < -0.4 is 0 Å². The summed E-state index contributed by atoms with van der Waals surface area (Å²) in [6.07, 6.45) is 7.70. The summed E-state index contributed by atoms with van der Waals surface area (Å²) in [7, 11) is -3.28. The van der Waals surface area contributed by atoms with Gasteiger partial charge in [0.2, 0.25) is 0 Å². The van der Waals surface area contributed by atoms with E-state index in [-0.39, 0.29) is 11.9 Å². The molecule has 2 aromatic heterocycles. The summed E-state index contributed by atoms with van der Waals surface area (Å²) in [6, 6.07) is 14.5. The van der Waals surface area contributed by atoms with Crippen molar-refractivity contribution < 1.29 is 17.6 Å². The second kappa shape index (κ2) is 9.67. The highest BCUT2D eigenvalue weighted by Crippen LogP contribution is 2.24. The summed E-state index contributed by atoms with van der Waals surface area (Å²) in [5.74, 6) is 0.683. The molecule has 0 atom stereocenters. The number of amides is 1. The van der Waals surface area contributed by atoms with Crippen molar-refractivity contribution in [1.29, 1.82) is 0 Å². The van der Waals surface area contributed by atoms with Crippen molar-refractivity contribution in [1.82, 2.24) is 14.8 Å². The molecule has 1 saturated heterocycles. The van der Waals surface area contributed by atoms with Gasteiger partial charge in [0.15, 0.2) is 9.84 Å². The van der Waals surface area contributed by atoms with E-state index in [1.165, 1.54) is 6.26 Å². The number of aromatic nitrogens is 1. The van der Waals surface area contributed by atoms with E-state index in [9.17, 15) is 13.2 Å². The molecule has 0 N–H and O–H groups in total. The molecule has 3 aromatic rings. The summed E-state index contributed by atoms with van der Waals surface area (Å²) in [6.45, 7) is 2.53. The molecule has 1 aliphatic rings. The molecule has 1 aromatic carbocycles. The molecular weight excluding hydrogens is 426 g/mol. The Bertz CT molecular complexity index is 1140. The van der Waals surface area contributed by atoms with Gasteiger partial charge in [-0.2, -0.15) is 0 Å². The van der Waals surface area contributed by atoms with Crippen LogP contribution in [0.5, 0.6) is 0 Å². The van der Waals surface area contributed by atoms with Crippen molar-refractivity contribution in [2.75, 3.05) is 19.3 Å². The Kier molecular flexibility index (Phi) is 6.72. The first kappa shape index (κ1) is 22.2. The van der Waals surface area contributed by atoms with Crippen LogP contribution in [-0.4, -0.2) is 54.5 Å². The predicted molar refractivity (Wildman–Crippen MR) is 121 cm³/mol. The van der Waals surface area contributed by atoms with Crippen LogP contribution in [0.3, 0.4) is 0 Å². The standard InChI is InChI=1S/C24H27N3O4S/c1-32(29,30)23-9-3-2-6-20(23)17-26-13-10-21(11-14-26)27(18-22-8-5-15-31-22)24(28)19-7-4-12-25-16-19/h2-9,12,15-16,21H,10-11,13-14,17-18H2,1H3. The van der Waals surface area contributed by atoms with E-state index in [2.05, 4.69) is 9.88 Å². The van der Waals surface area contributed by atoms with Crippen molar-refractivity contribution in [3.63, 3.8) is 0 Å². The number of benzene rings is 1. The maximum atomic E-state index is 13.3. The van der Waals surface area contributed by atoms with Gasteiger partial charge in [0.05, 0.1) is 23.3 Å². The SMILES string of the molecule is CS(=O)(=O)c1ccccc1CN1CCC(N(Cc2ccco2)C(=O)c2cccnc2)CC1. The maximum Gasteiger partial charge on any atom is 0.256 e. The average molecular weight is 454 g/mol. The lowest BCUT2D eigenvalue weighted by Crippen LogP contribution is -2.47. The first-order valence-corrected chi connectivity index (χ1v) is 12.5. The zero-order valence-electron chi connectivity index (χ0n) is 18.1. The molecule has 1 amide bonds. The largest absolute Gasteiger partial charge is 0.467 e. The minimum Gasteiger partial charge on any atom is -0.467 e. The monoisotopic (exact) mass is 453 g/mol. The Hall–Kier alpha value is -2.97. The minimum atomic E-state index is -3.28. The zero-order valence-corrected chi connectivity index (χ0v) is 18.9. The first-order valence-electron chi connectivity index (χ1n) is 10.7. The molecule has 0 radical (unpaired) electrons. The average Bonchev–Trinajstić information content (AvgIpc) is 3.31. The summed E-state index contributed by atoms with van der Waals surface area (Å²) in [5.41, 5.74) is 1.37. The third kappa shape index (κ3) is 5.26. The smallest absolute Gasteiger partial charge is 0.256 e. The van der Waals surface area contributed by atoms with Crippen molar-refractivity contribution >= 4 is 15.7 Å². The summed E-state index contributed by atoms with van der Waals surface area (Å²) >= 11 is 0. The number of carbonyl (C=O) groups excluding carboxylic acids is 1. The van der Waals surface area contributed by atoms with Gasteiger partial charge >= 0.3 is 0 Å². The number of hydrogen-bond donors (Lipinski definition) is 0. The number of furan rings is 1. The van der Waals surface area contributed by atoms with Gasteiger partial charge in [-0.3, -0.25) is 14.7 Å². The second-order valence-corrected chi connectivity index (χ2v) is 10.1. The molecule has 1 fully saturated rings. The molecule has 32 heavy (non-hydrogen) atoms. The number of piperidine rings is 1. The van der Waals surface area contributed by atoms with Crippen LogP contribution in [0.2, 0.25) is 0 Å². The van der Waals surface area contributed by atoms with E-state index in [4.69, 9.17) is 4.42 Å². The second-order valence-electron chi connectivity index (χ2n) is 8.14. The molecule has 0 unspecified atom stereocenters. The third-order valence-electron chi connectivity index (χ3n) is 5.84. The van der Waals surface area contributed by atoms with Crippen molar-refractivity contribution in [3.05, 3.63) is 84.1 Å². The van der Waals surface area contributed by atoms with E-state index in [0.29, 0.717) is 23.5 Å². The first-order chi connectivity index (χ1) is 15.4. The lowest BCUT2D eigenvalue weighted by Gasteiger charge is -2.38. The van der Waals surface area contributed by atoms with Gasteiger partial charge in [-0.15, -0.1) is 0 Å². The quantitative estimate of drug-likeness (QED) is 0.545. The number of carbonyl (C=O) groups is 1. The Morgan fingerprint density at radius 2 is 1.91 bits per heavy atom. The number of nitrogens with zero attached hydrogens (tertiary/aromatic N) is 3. The van der Waals surface area contributed by atoms with Crippen LogP contribution in [0.1, 0.15) is 34.5 Å². The topological polar surface area (TPSA) is 83.7 Å².